The van der Waals surface area contributed by atoms with Crippen LogP contribution in [-0.2, 0) is 11.2 Å². The van der Waals surface area contributed by atoms with E-state index >= 15 is 0 Å². The van der Waals surface area contributed by atoms with Gasteiger partial charge in [-0.2, -0.15) is 0 Å². The van der Waals surface area contributed by atoms with Crippen molar-refractivity contribution in [2.24, 2.45) is 0 Å². The van der Waals surface area contributed by atoms with Crippen LogP contribution in [0.1, 0.15) is 25.3 Å². The van der Waals surface area contributed by atoms with Crippen molar-refractivity contribution in [3.63, 3.8) is 0 Å². The molecule has 1 aromatic rings. The molecule has 90 valence electrons. The summed E-state index contributed by atoms with van der Waals surface area (Å²) < 4.78 is 6.20. The van der Waals surface area contributed by atoms with Gasteiger partial charge in [0, 0.05) is 30.4 Å². The van der Waals surface area contributed by atoms with E-state index in [1.807, 2.05) is 6.07 Å². The van der Waals surface area contributed by atoms with Gasteiger partial charge in [-0.3, -0.25) is 4.98 Å². The molecule has 0 saturated carbocycles. The van der Waals surface area contributed by atoms with E-state index in [0.29, 0.717) is 6.42 Å². The molecule has 4 heteroatoms. The first kappa shape index (κ1) is 13.6. The first-order valence-electron chi connectivity index (χ1n) is 5.47. The maximum absolute atomic E-state index is 10.0. The van der Waals surface area contributed by atoms with Crippen LogP contribution in [0.25, 0.3) is 0 Å². The fourth-order valence-corrected chi connectivity index (χ4v) is 2.10. The SMILES string of the molecule is CCCC(OC)C(O)Cc1cncc(Br)c1. The topological polar surface area (TPSA) is 42.4 Å². The van der Waals surface area contributed by atoms with Crippen LogP contribution in [0.3, 0.4) is 0 Å². The minimum atomic E-state index is -0.471. The molecule has 1 aromatic heterocycles. The molecule has 1 heterocycles. The van der Waals surface area contributed by atoms with Crippen molar-refractivity contribution in [1.82, 2.24) is 4.98 Å². The fraction of sp³-hybridized carbons (Fsp3) is 0.583. The maximum atomic E-state index is 10.0. The zero-order valence-corrected chi connectivity index (χ0v) is 11.3. The number of hydrogen-bond acceptors (Lipinski definition) is 3. The summed E-state index contributed by atoms with van der Waals surface area (Å²) in [5, 5.41) is 10.0. The lowest BCUT2D eigenvalue weighted by Gasteiger charge is -2.21. The second-order valence-corrected chi connectivity index (χ2v) is 4.76. The van der Waals surface area contributed by atoms with Crippen LogP contribution in [0.4, 0.5) is 0 Å². The minimum Gasteiger partial charge on any atom is -0.390 e. The summed E-state index contributed by atoms with van der Waals surface area (Å²) in [6.45, 7) is 2.08. The number of aromatic nitrogens is 1. The first-order valence-corrected chi connectivity index (χ1v) is 6.27. The van der Waals surface area contributed by atoms with Gasteiger partial charge in [0.05, 0.1) is 12.2 Å². The third kappa shape index (κ3) is 4.20. The Morgan fingerprint density at radius 3 is 2.81 bits per heavy atom. The van der Waals surface area contributed by atoms with Gasteiger partial charge >= 0.3 is 0 Å². The van der Waals surface area contributed by atoms with E-state index in [-0.39, 0.29) is 6.10 Å². The Morgan fingerprint density at radius 2 is 2.25 bits per heavy atom. The van der Waals surface area contributed by atoms with E-state index in [0.717, 1.165) is 22.9 Å². The van der Waals surface area contributed by atoms with E-state index < -0.39 is 6.10 Å². The summed E-state index contributed by atoms with van der Waals surface area (Å²) in [4.78, 5) is 4.07. The van der Waals surface area contributed by atoms with Gasteiger partial charge in [0.25, 0.3) is 0 Å². The van der Waals surface area contributed by atoms with Gasteiger partial charge in [0.2, 0.25) is 0 Å². The molecule has 0 amide bonds. The number of aliphatic hydroxyl groups is 1. The van der Waals surface area contributed by atoms with Crippen LogP contribution in [0.15, 0.2) is 22.9 Å². The normalized spacial score (nSPS) is 14.8. The van der Waals surface area contributed by atoms with Crippen molar-refractivity contribution in [3.05, 3.63) is 28.5 Å². The van der Waals surface area contributed by atoms with Crippen LogP contribution in [-0.4, -0.2) is 29.4 Å². The Hall–Kier alpha value is -0.450. The van der Waals surface area contributed by atoms with E-state index in [4.69, 9.17) is 4.74 Å². The lowest BCUT2D eigenvalue weighted by atomic mass is 10.0. The second kappa shape index (κ2) is 6.99. The van der Waals surface area contributed by atoms with Crippen LogP contribution in [0.5, 0.6) is 0 Å². The molecule has 2 atom stereocenters. The molecule has 0 bridgehead atoms. The number of halogens is 1. The van der Waals surface area contributed by atoms with E-state index in [1.54, 1.807) is 19.5 Å². The lowest BCUT2D eigenvalue weighted by Crippen LogP contribution is -2.29. The number of methoxy groups -OCH3 is 1. The monoisotopic (exact) mass is 287 g/mol. The smallest absolute Gasteiger partial charge is 0.0842 e. The highest BCUT2D eigenvalue weighted by Crippen LogP contribution is 2.15. The van der Waals surface area contributed by atoms with Crippen molar-refractivity contribution in [2.45, 2.75) is 38.4 Å². The summed E-state index contributed by atoms with van der Waals surface area (Å²) in [5.41, 5.74) is 1.01. The van der Waals surface area contributed by atoms with Crippen molar-refractivity contribution < 1.29 is 9.84 Å². The van der Waals surface area contributed by atoms with Gasteiger partial charge in [0.15, 0.2) is 0 Å². The Morgan fingerprint density at radius 1 is 1.50 bits per heavy atom. The van der Waals surface area contributed by atoms with Crippen LogP contribution in [0, 0.1) is 0 Å². The molecule has 0 saturated heterocycles. The molecule has 2 unspecified atom stereocenters. The maximum Gasteiger partial charge on any atom is 0.0842 e. The molecule has 3 nitrogen and oxygen atoms in total. The molecule has 0 aliphatic rings. The number of rotatable bonds is 6. The quantitative estimate of drug-likeness (QED) is 0.874. The summed E-state index contributed by atoms with van der Waals surface area (Å²) in [5.74, 6) is 0. The Kier molecular flexibility index (Phi) is 5.95. The molecule has 0 fully saturated rings. The van der Waals surface area contributed by atoms with Crippen molar-refractivity contribution in [1.29, 1.82) is 0 Å². The van der Waals surface area contributed by atoms with E-state index in [2.05, 4.69) is 27.8 Å². The number of ether oxygens (including phenoxy) is 1. The largest absolute Gasteiger partial charge is 0.390 e. The van der Waals surface area contributed by atoms with Gasteiger partial charge in [-0.05, 0) is 34.0 Å². The third-order valence-corrected chi connectivity index (χ3v) is 2.95. The van der Waals surface area contributed by atoms with Crippen LogP contribution < -0.4 is 0 Å². The molecule has 0 aliphatic carbocycles. The molecule has 1 N–H and O–H groups in total. The third-order valence-electron chi connectivity index (χ3n) is 2.51. The van der Waals surface area contributed by atoms with Gasteiger partial charge in [-0.15, -0.1) is 0 Å². The first-order chi connectivity index (χ1) is 7.67. The average molecular weight is 288 g/mol. The molecule has 0 spiro atoms. The summed E-state index contributed by atoms with van der Waals surface area (Å²) in [7, 11) is 1.64. The van der Waals surface area contributed by atoms with Crippen molar-refractivity contribution >= 4 is 15.9 Å². The number of hydrogen-bond donors (Lipinski definition) is 1. The molecule has 16 heavy (non-hydrogen) atoms. The zero-order chi connectivity index (χ0) is 12.0. The molecular weight excluding hydrogens is 270 g/mol. The second-order valence-electron chi connectivity index (χ2n) is 3.85. The molecule has 1 rings (SSSR count). The van der Waals surface area contributed by atoms with Gasteiger partial charge < -0.3 is 9.84 Å². The van der Waals surface area contributed by atoms with Crippen LogP contribution >= 0.6 is 15.9 Å². The van der Waals surface area contributed by atoms with E-state index in [1.165, 1.54) is 0 Å². The Balaban J connectivity index is 2.58. The van der Waals surface area contributed by atoms with E-state index in [9.17, 15) is 5.11 Å². The molecule has 0 aliphatic heterocycles. The zero-order valence-electron chi connectivity index (χ0n) is 9.69. The highest BCUT2D eigenvalue weighted by molar-refractivity contribution is 9.10. The predicted molar refractivity (Wildman–Crippen MR) is 67.4 cm³/mol. The minimum absolute atomic E-state index is 0.0935. The number of nitrogens with zero attached hydrogens (tertiary/aromatic N) is 1. The summed E-state index contributed by atoms with van der Waals surface area (Å²) in [6, 6.07) is 1.97. The standard InChI is InChI=1S/C12H18BrNO2/c1-3-4-12(16-2)11(15)6-9-5-10(13)8-14-7-9/h5,7-8,11-12,15H,3-4,6H2,1-2H3. The molecule has 0 radical (unpaired) electrons. The summed E-state index contributed by atoms with van der Waals surface area (Å²) in [6.07, 6.45) is 5.39. The van der Waals surface area contributed by atoms with Crippen molar-refractivity contribution in [2.75, 3.05) is 7.11 Å². The predicted octanol–water partition coefficient (Wildman–Crippen LogP) is 2.56. The average Bonchev–Trinajstić information content (AvgIpc) is 2.25. The van der Waals surface area contributed by atoms with Crippen molar-refractivity contribution in [3.8, 4) is 0 Å². The number of pyridine rings is 1. The Bertz CT molecular complexity index is 320. The Labute approximate surface area is 105 Å². The van der Waals surface area contributed by atoms with Crippen LogP contribution in [0.2, 0.25) is 0 Å². The fourth-order valence-electron chi connectivity index (χ4n) is 1.69. The highest BCUT2D eigenvalue weighted by Gasteiger charge is 2.18. The lowest BCUT2D eigenvalue weighted by molar-refractivity contribution is -0.0159. The van der Waals surface area contributed by atoms with Gasteiger partial charge in [-0.1, -0.05) is 13.3 Å². The molecular formula is C12H18BrNO2. The molecule has 0 aromatic carbocycles. The number of aliphatic hydroxyl groups excluding tert-OH is 1. The highest BCUT2D eigenvalue weighted by atomic mass is 79.9. The van der Waals surface area contributed by atoms with Gasteiger partial charge in [-0.25, -0.2) is 0 Å². The summed E-state index contributed by atoms with van der Waals surface area (Å²) >= 11 is 3.36. The van der Waals surface area contributed by atoms with Gasteiger partial charge in [0.1, 0.15) is 0 Å².